The van der Waals surface area contributed by atoms with Gasteiger partial charge in [0.1, 0.15) is 17.2 Å². The maximum atomic E-state index is 12.9. The van der Waals surface area contributed by atoms with Gasteiger partial charge in [0.15, 0.2) is 0 Å². The second-order valence-electron chi connectivity index (χ2n) is 6.52. The van der Waals surface area contributed by atoms with Crippen molar-refractivity contribution in [2.24, 2.45) is 5.73 Å². The first-order valence-corrected chi connectivity index (χ1v) is 10.2. The summed E-state index contributed by atoms with van der Waals surface area (Å²) in [5, 5.41) is 1.52. The molecule has 3 N–H and O–H groups in total. The Labute approximate surface area is 162 Å². The molecule has 1 atom stereocenters. The van der Waals surface area contributed by atoms with Gasteiger partial charge in [0.25, 0.3) is 0 Å². The lowest BCUT2D eigenvalue weighted by Gasteiger charge is -2.16. The topological polar surface area (TPSA) is 102 Å². The second-order valence-corrected chi connectivity index (χ2v) is 8.24. The fourth-order valence-corrected chi connectivity index (χ4v) is 4.41. The third kappa shape index (κ3) is 3.49. The summed E-state index contributed by atoms with van der Waals surface area (Å²) in [7, 11) is -3.96. The van der Waals surface area contributed by atoms with Crippen LogP contribution >= 0.6 is 0 Å². The Bertz CT molecular complexity index is 1260. The third-order valence-corrected chi connectivity index (χ3v) is 6.05. The van der Waals surface area contributed by atoms with E-state index in [9.17, 15) is 13.2 Å². The highest BCUT2D eigenvalue weighted by Crippen LogP contribution is 2.30. The Morgan fingerprint density at radius 3 is 2.36 bits per heavy atom. The zero-order chi connectivity index (χ0) is 19.7. The minimum Gasteiger partial charge on any atom is -0.456 e. The van der Waals surface area contributed by atoms with E-state index in [0.29, 0.717) is 16.6 Å². The van der Waals surface area contributed by atoms with Crippen molar-refractivity contribution >= 4 is 37.9 Å². The lowest BCUT2D eigenvalue weighted by Crippen LogP contribution is -2.45. The molecule has 6 nitrogen and oxygen atoms in total. The molecule has 0 fully saturated rings. The van der Waals surface area contributed by atoms with Crippen molar-refractivity contribution in [3.05, 3.63) is 78.4 Å². The number of rotatable bonds is 6. The molecule has 7 heteroatoms. The number of hydrogen-bond donors (Lipinski definition) is 2. The summed E-state index contributed by atoms with van der Waals surface area (Å²) in [6, 6.07) is 20.1. The molecule has 1 heterocycles. The van der Waals surface area contributed by atoms with Crippen LogP contribution in [0, 0.1) is 0 Å². The molecule has 142 valence electrons. The largest absolute Gasteiger partial charge is 0.456 e. The van der Waals surface area contributed by atoms with E-state index in [2.05, 4.69) is 4.72 Å². The number of carbonyl (C=O) groups excluding carboxylic acids is 1. The summed E-state index contributed by atoms with van der Waals surface area (Å²) in [6.07, 6.45) is 0.173. The molecule has 0 radical (unpaired) electrons. The first-order chi connectivity index (χ1) is 13.4. The van der Waals surface area contributed by atoms with Gasteiger partial charge in [-0.15, -0.1) is 0 Å². The Kier molecular flexibility index (Phi) is 4.62. The Morgan fingerprint density at radius 2 is 1.61 bits per heavy atom. The van der Waals surface area contributed by atoms with Gasteiger partial charge in [0.2, 0.25) is 15.9 Å². The standard InChI is InChI=1S/C21H18N2O4S/c22-21(24)18(12-14-6-2-1-3-7-14)23-28(25,26)15-10-11-20-17(13-15)16-8-4-5-9-19(16)27-20/h1-11,13,18,23H,12H2,(H2,22,24)/t18-/m1/s1. The average Bonchev–Trinajstić information content (AvgIpc) is 3.06. The first-order valence-electron chi connectivity index (χ1n) is 8.71. The summed E-state index contributed by atoms with van der Waals surface area (Å²) >= 11 is 0. The van der Waals surface area contributed by atoms with Crippen molar-refractivity contribution in [1.29, 1.82) is 0 Å². The number of para-hydroxylation sites is 1. The van der Waals surface area contributed by atoms with Crippen molar-refractivity contribution in [1.82, 2.24) is 4.72 Å². The average molecular weight is 394 g/mol. The SMILES string of the molecule is NC(=O)[C@@H](Cc1ccccc1)NS(=O)(=O)c1ccc2oc3ccccc3c2c1. The molecule has 0 unspecified atom stereocenters. The van der Waals surface area contributed by atoms with Crippen LogP contribution in [0.15, 0.2) is 82.1 Å². The monoisotopic (exact) mass is 394 g/mol. The van der Waals surface area contributed by atoms with Gasteiger partial charge in [-0.25, -0.2) is 8.42 Å². The molecule has 3 aromatic carbocycles. The van der Waals surface area contributed by atoms with Crippen LogP contribution in [0.5, 0.6) is 0 Å². The minimum atomic E-state index is -3.96. The van der Waals surface area contributed by atoms with E-state index in [0.717, 1.165) is 10.9 Å². The number of amides is 1. The number of benzene rings is 3. The quantitative estimate of drug-likeness (QED) is 0.525. The molecule has 0 saturated heterocycles. The second kappa shape index (κ2) is 7.10. The smallest absolute Gasteiger partial charge is 0.241 e. The summed E-state index contributed by atoms with van der Waals surface area (Å²) in [6.45, 7) is 0. The molecular weight excluding hydrogens is 376 g/mol. The molecule has 4 aromatic rings. The molecule has 0 saturated carbocycles. The van der Waals surface area contributed by atoms with Crippen LogP contribution in [0.1, 0.15) is 5.56 Å². The lowest BCUT2D eigenvalue weighted by atomic mass is 10.1. The maximum absolute atomic E-state index is 12.9. The van der Waals surface area contributed by atoms with Gasteiger partial charge in [-0.05, 0) is 36.2 Å². The van der Waals surface area contributed by atoms with Crippen molar-refractivity contribution in [3.63, 3.8) is 0 Å². The van der Waals surface area contributed by atoms with Crippen molar-refractivity contribution in [3.8, 4) is 0 Å². The maximum Gasteiger partial charge on any atom is 0.241 e. The third-order valence-electron chi connectivity index (χ3n) is 4.58. The van der Waals surface area contributed by atoms with E-state index in [1.54, 1.807) is 12.1 Å². The fraction of sp³-hybridized carbons (Fsp3) is 0.0952. The van der Waals surface area contributed by atoms with Crippen LogP contribution < -0.4 is 10.5 Å². The van der Waals surface area contributed by atoms with E-state index in [4.69, 9.17) is 10.2 Å². The lowest BCUT2D eigenvalue weighted by molar-refractivity contribution is -0.119. The Morgan fingerprint density at radius 1 is 0.929 bits per heavy atom. The molecule has 1 aromatic heterocycles. The Hall–Kier alpha value is -3.16. The molecule has 0 spiro atoms. The predicted octanol–water partition coefficient (Wildman–Crippen LogP) is 2.96. The highest BCUT2D eigenvalue weighted by atomic mass is 32.2. The summed E-state index contributed by atoms with van der Waals surface area (Å²) in [5.41, 5.74) is 7.52. The van der Waals surface area contributed by atoms with Crippen molar-refractivity contribution < 1.29 is 17.6 Å². The highest BCUT2D eigenvalue weighted by molar-refractivity contribution is 7.89. The molecule has 0 bridgehead atoms. The Balaban J connectivity index is 1.68. The number of primary amides is 1. The normalized spacial score (nSPS) is 13.0. The van der Waals surface area contributed by atoms with Crippen molar-refractivity contribution in [2.75, 3.05) is 0 Å². The van der Waals surface area contributed by atoms with Crippen LogP contribution in [0.25, 0.3) is 21.9 Å². The van der Waals surface area contributed by atoms with Gasteiger partial charge >= 0.3 is 0 Å². The van der Waals surface area contributed by atoms with Crippen LogP contribution in [0.4, 0.5) is 0 Å². The number of fused-ring (bicyclic) bond motifs is 3. The zero-order valence-corrected chi connectivity index (χ0v) is 15.6. The number of carbonyl (C=O) groups is 1. The molecule has 0 aliphatic heterocycles. The van der Waals surface area contributed by atoms with Gasteiger partial charge in [0, 0.05) is 10.8 Å². The van der Waals surface area contributed by atoms with Crippen LogP contribution in [0.2, 0.25) is 0 Å². The van der Waals surface area contributed by atoms with E-state index in [1.165, 1.54) is 6.07 Å². The van der Waals surface area contributed by atoms with E-state index >= 15 is 0 Å². The number of furan rings is 1. The number of sulfonamides is 1. The van der Waals surface area contributed by atoms with Crippen LogP contribution in [-0.2, 0) is 21.2 Å². The molecular formula is C21H18N2O4S. The van der Waals surface area contributed by atoms with Gasteiger partial charge in [0.05, 0.1) is 4.90 Å². The molecule has 0 aliphatic carbocycles. The van der Waals surface area contributed by atoms with E-state index in [-0.39, 0.29) is 11.3 Å². The predicted molar refractivity (Wildman–Crippen MR) is 107 cm³/mol. The molecule has 0 aliphatic rings. The molecule has 28 heavy (non-hydrogen) atoms. The van der Waals surface area contributed by atoms with E-state index < -0.39 is 22.0 Å². The fourth-order valence-electron chi connectivity index (χ4n) is 3.18. The molecule has 1 amide bonds. The highest BCUT2D eigenvalue weighted by Gasteiger charge is 2.25. The zero-order valence-electron chi connectivity index (χ0n) is 14.8. The van der Waals surface area contributed by atoms with Crippen LogP contribution in [-0.4, -0.2) is 20.4 Å². The summed E-state index contributed by atoms with van der Waals surface area (Å²) in [4.78, 5) is 11.9. The van der Waals surface area contributed by atoms with E-state index in [1.807, 2.05) is 54.6 Å². The first kappa shape index (κ1) is 18.2. The number of nitrogens with two attached hydrogens (primary N) is 1. The number of nitrogens with one attached hydrogen (secondary N) is 1. The molecule has 4 rings (SSSR count). The number of hydrogen-bond acceptors (Lipinski definition) is 4. The van der Waals surface area contributed by atoms with Gasteiger partial charge in [-0.1, -0.05) is 48.5 Å². The van der Waals surface area contributed by atoms with Gasteiger partial charge in [-0.2, -0.15) is 4.72 Å². The van der Waals surface area contributed by atoms with Gasteiger partial charge in [-0.3, -0.25) is 4.79 Å². The van der Waals surface area contributed by atoms with Crippen molar-refractivity contribution in [2.45, 2.75) is 17.4 Å². The van der Waals surface area contributed by atoms with Crippen LogP contribution in [0.3, 0.4) is 0 Å². The van der Waals surface area contributed by atoms with Gasteiger partial charge < -0.3 is 10.2 Å². The minimum absolute atomic E-state index is 0.0471. The summed E-state index contributed by atoms with van der Waals surface area (Å²) in [5.74, 6) is -0.734. The summed E-state index contributed by atoms with van der Waals surface area (Å²) < 4.78 is 33.9.